The maximum absolute atomic E-state index is 11.5. The van der Waals surface area contributed by atoms with Crippen LogP contribution in [0.2, 0.25) is 0 Å². The minimum absolute atomic E-state index is 0.158. The van der Waals surface area contributed by atoms with Gasteiger partial charge in [-0.2, -0.15) is 0 Å². The van der Waals surface area contributed by atoms with Gasteiger partial charge in [0.2, 0.25) is 0 Å². The number of aromatic nitrogens is 3. The first kappa shape index (κ1) is 13.0. The lowest BCUT2D eigenvalue weighted by molar-refractivity contribution is 0.576. The Morgan fingerprint density at radius 3 is 2.71 bits per heavy atom. The molecular formula is C14H16N4O2S. The number of rotatable bonds is 2. The number of primary sulfonamides is 1. The fourth-order valence-corrected chi connectivity index (χ4v) is 4.41. The molecule has 2 N–H and O–H groups in total. The van der Waals surface area contributed by atoms with Gasteiger partial charge in [0.05, 0.1) is 0 Å². The van der Waals surface area contributed by atoms with Crippen molar-refractivity contribution in [3.63, 3.8) is 0 Å². The summed E-state index contributed by atoms with van der Waals surface area (Å²) in [5, 5.41) is 12.9. The van der Waals surface area contributed by atoms with Gasteiger partial charge in [-0.3, -0.25) is 0 Å². The summed E-state index contributed by atoms with van der Waals surface area (Å²) in [4.78, 5) is 0. The lowest BCUT2D eigenvalue weighted by Crippen LogP contribution is -2.17. The highest BCUT2D eigenvalue weighted by atomic mass is 32.2. The molecule has 7 heteroatoms. The van der Waals surface area contributed by atoms with E-state index in [0.29, 0.717) is 11.8 Å². The molecule has 0 bridgehead atoms. The average Bonchev–Trinajstić information content (AvgIpc) is 3.05. The number of nitrogens with zero attached hydrogens (tertiary/aromatic N) is 3. The van der Waals surface area contributed by atoms with Crippen molar-refractivity contribution < 1.29 is 8.42 Å². The highest BCUT2D eigenvalue weighted by Gasteiger charge is 2.56. The van der Waals surface area contributed by atoms with E-state index >= 15 is 0 Å². The number of benzene rings is 1. The minimum Gasteiger partial charge on any atom is -0.304 e. The molecule has 0 spiro atoms. The third kappa shape index (κ3) is 1.84. The van der Waals surface area contributed by atoms with E-state index in [1.54, 1.807) is 7.05 Å². The standard InChI is InChI=1S/C14H16N4O2S/c1-18-13(16-17-14(18)21(15,19)20)12-10-7-6-8-4-2-3-5-9(8)11(10)12/h2-5,10-12H,6-7H2,1H3,(H2,15,19,20). The van der Waals surface area contributed by atoms with Gasteiger partial charge in [0.25, 0.3) is 15.2 Å². The minimum atomic E-state index is -3.82. The molecular weight excluding hydrogens is 288 g/mol. The summed E-state index contributed by atoms with van der Waals surface area (Å²) in [5.74, 6) is 1.95. The zero-order valence-corrected chi connectivity index (χ0v) is 12.4. The van der Waals surface area contributed by atoms with E-state index in [9.17, 15) is 8.42 Å². The van der Waals surface area contributed by atoms with Crippen LogP contribution in [-0.2, 0) is 23.5 Å². The largest absolute Gasteiger partial charge is 0.304 e. The molecule has 3 unspecified atom stereocenters. The van der Waals surface area contributed by atoms with Crippen LogP contribution in [0.15, 0.2) is 29.4 Å². The van der Waals surface area contributed by atoms with Crippen LogP contribution in [-0.4, -0.2) is 23.2 Å². The quantitative estimate of drug-likeness (QED) is 0.892. The van der Waals surface area contributed by atoms with E-state index in [0.717, 1.165) is 18.7 Å². The van der Waals surface area contributed by atoms with Crippen LogP contribution in [0.1, 0.15) is 35.2 Å². The molecule has 2 aromatic rings. The zero-order chi connectivity index (χ0) is 14.8. The molecule has 1 saturated carbocycles. The first-order chi connectivity index (χ1) is 9.98. The molecule has 3 atom stereocenters. The molecule has 1 heterocycles. The Morgan fingerprint density at radius 2 is 2.00 bits per heavy atom. The fourth-order valence-electron chi connectivity index (χ4n) is 3.78. The number of fused-ring (bicyclic) bond motifs is 3. The maximum atomic E-state index is 11.5. The van der Waals surface area contributed by atoms with Crippen molar-refractivity contribution in [1.82, 2.24) is 14.8 Å². The van der Waals surface area contributed by atoms with Gasteiger partial charge in [0, 0.05) is 13.0 Å². The van der Waals surface area contributed by atoms with Crippen molar-refractivity contribution in [3.05, 3.63) is 41.2 Å². The number of hydrogen-bond acceptors (Lipinski definition) is 4. The molecule has 1 fully saturated rings. The van der Waals surface area contributed by atoms with Crippen LogP contribution < -0.4 is 5.14 Å². The molecule has 1 aromatic carbocycles. The fraction of sp³-hybridized carbons (Fsp3) is 0.429. The smallest absolute Gasteiger partial charge is 0.273 e. The molecule has 0 aliphatic heterocycles. The molecule has 110 valence electrons. The lowest BCUT2D eigenvalue weighted by Gasteiger charge is -2.13. The molecule has 6 nitrogen and oxygen atoms in total. The van der Waals surface area contributed by atoms with Crippen molar-refractivity contribution in [2.75, 3.05) is 0 Å². The Morgan fingerprint density at radius 1 is 1.24 bits per heavy atom. The van der Waals surface area contributed by atoms with E-state index < -0.39 is 10.0 Å². The second-order valence-corrected chi connectivity index (χ2v) is 7.35. The SMILES string of the molecule is Cn1c(C2C3CCc4ccccc4C32)nnc1S(N)(=O)=O. The van der Waals surface area contributed by atoms with Crippen LogP contribution >= 0.6 is 0 Å². The van der Waals surface area contributed by atoms with Crippen molar-refractivity contribution in [3.8, 4) is 0 Å². The summed E-state index contributed by atoms with van der Waals surface area (Å²) < 4.78 is 24.5. The summed E-state index contributed by atoms with van der Waals surface area (Å²) in [6.07, 6.45) is 2.19. The van der Waals surface area contributed by atoms with Crippen molar-refractivity contribution in [2.24, 2.45) is 18.1 Å². The Labute approximate surface area is 123 Å². The number of aryl methyl sites for hydroxylation is 1. The summed E-state index contributed by atoms with van der Waals surface area (Å²) >= 11 is 0. The van der Waals surface area contributed by atoms with Crippen molar-refractivity contribution in [2.45, 2.75) is 29.8 Å². The van der Waals surface area contributed by atoms with Crippen molar-refractivity contribution in [1.29, 1.82) is 0 Å². The van der Waals surface area contributed by atoms with Gasteiger partial charge in [-0.05, 0) is 35.8 Å². The predicted molar refractivity (Wildman–Crippen MR) is 76.1 cm³/mol. The zero-order valence-electron chi connectivity index (χ0n) is 11.6. The third-order valence-corrected chi connectivity index (χ3v) is 5.62. The van der Waals surface area contributed by atoms with E-state index in [-0.39, 0.29) is 11.1 Å². The van der Waals surface area contributed by atoms with Gasteiger partial charge in [-0.1, -0.05) is 24.3 Å². The second kappa shape index (κ2) is 4.14. The monoisotopic (exact) mass is 304 g/mol. The van der Waals surface area contributed by atoms with Gasteiger partial charge in [-0.25, -0.2) is 13.6 Å². The predicted octanol–water partition coefficient (Wildman–Crippen LogP) is 0.906. The van der Waals surface area contributed by atoms with E-state index in [1.807, 2.05) is 0 Å². The van der Waals surface area contributed by atoms with Gasteiger partial charge in [-0.15, -0.1) is 10.2 Å². The highest BCUT2D eigenvalue weighted by Crippen LogP contribution is 2.64. The van der Waals surface area contributed by atoms with Gasteiger partial charge < -0.3 is 4.57 Å². The first-order valence-corrected chi connectivity index (χ1v) is 8.53. The summed E-state index contributed by atoms with van der Waals surface area (Å²) in [6.45, 7) is 0. The Hall–Kier alpha value is -1.73. The maximum Gasteiger partial charge on any atom is 0.273 e. The molecule has 4 rings (SSSR count). The molecule has 0 amide bonds. The van der Waals surface area contributed by atoms with Crippen LogP contribution in [0.5, 0.6) is 0 Å². The molecule has 2 aliphatic carbocycles. The summed E-state index contributed by atoms with van der Waals surface area (Å²) in [6, 6.07) is 8.47. The normalized spacial score (nSPS) is 27.0. The Bertz CT molecular complexity index is 827. The van der Waals surface area contributed by atoms with Crippen LogP contribution in [0.25, 0.3) is 0 Å². The molecule has 1 aromatic heterocycles. The molecule has 2 aliphatic rings. The average molecular weight is 304 g/mol. The Balaban J connectivity index is 1.74. The van der Waals surface area contributed by atoms with Gasteiger partial charge in [0.1, 0.15) is 5.82 Å². The number of hydrogen-bond donors (Lipinski definition) is 1. The Kier molecular flexibility index (Phi) is 2.56. The van der Waals surface area contributed by atoms with Gasteiger partial charge in [0.15, 0.2) is 0 Å². The van der Waals surface area contributed by atoms with E-state index in [4.69, 9.17) is 5.14 Å². The van der Waals surface area contributed by atoms with Crippen LogP contribution in [0.3, 0.4) is 0 Å². The van der Waals surface area contributed by atoms with Crippen LogP contribution in [0, 0.1) is 5.92 Å². The number of sulfonamides is 1. The summed E-state index contributed by atoms with van der Waals surface area (Å²) in [5.41, 5.74) is 2.77. The highest BCUT2D eigenvalue weighted by molar-refractivity contribution is 7.89. The second-order valence-electron chi connectivity index (χ2n) is 5.90. The van der Waals surface area contributed by atoms with Crippen molar-refractivity contribution >= 4 is 10.0 Å². The molecule has 21 heavy (non-hydrogen) atoms. The van der Waals surface area contributed by atoms with Gasteiger partial charge >= 0.3 is 0 Å². The first-order valence-electron chi connectivity index (χ1n) is 6.98. The molecule has 0 saturated heterocycles. The molecule has 0 radical (unpaired) electrons. The number of nitrogens with two attached hydrogens (primary N) is 1. The van der Waals surface area contributed by atoms with E-state index in [2.05, 4.69) is 34.5 Å². The third-order valence-electron chi connectivity index (χ3n) is 4.75. The topological polar surface area (TPSA) is 90.9 Å². The van der Waals surface area contributed by atoms with E-state index in [1.165, 1.54) is 15.7 Å². The lowest BCUT2D eigenvalue weighted by atomic mass is 9.92. The van der Waals surface area contributed by atoms with Crippen LogP contribution in [0.4, 0.5) is 0 Å². The summed E-state index contributed by atoms with van der Waals surface area (Å²) in [7, 11) is -2.15.